The van der Waals surface area contributed by atoms with Gasteiger partial charge in [0.1, 0.15) is 4.92 Å². The molecule has 0 radical (unpaired) electrons. The minimum atomic E-state index is -0.645. The maximum Gasteiger partial charge on any atom is 0.433 e. The minimum absolute atomic E-state index is 0.000321. The number of furan rings is 1. The molecule has 0 unspecified atom stereocenters. The van der Waals surface area contributed by atoms with Crippen molar-refractivity contribution in [3.63, 3.8) is 0 Å². The van der Waals surface area contributed by atoms with Gasteiger partial charge in [-0.3, -0.25) is 19.8 Å². The highest BCUT2D eigenvalue weighted by atomic mass is 16.6. The van der Waals surface area contributed by atoms with E-state index in [4.69, 9.17) is 4.42 Å². The van der Waals surface area contributed by atoms with Crippen molar-refractivity contribution in [3.05, 3.63) is 28.0 Å². The van der Waals surface area contributed by atoms with Gasteiger partial charge in [-0.05, 0) is 44.8 Å². The molecule has 0 aromatic carbocycles. The molecule has 1 aromatic heterocycles. The summed E-state index contributed by atoms with van der Waals surface area (Å²) in [6.07, 6.45) is 2.18. The van der Waals surface area contributed by atoms with Gasteiger partial charge < -0.3 is 9.73 Å². The van der Waals surface area contributed by atoms with Crippen LogP contribution in [0.3, 0.4) is 0 Å². The number of nitrogens with zero attached hydrogens (tertiary/aromatic N) is 2. The third kappa shape index (κ3) is 2.18. The number of amides is 1. The highest BCUT2D eigenvalue weighted by Gasteiger charge is 2.40. The Labute approximate surface area is 116 Å². The van der Waals surface area contributed by atoms with Crippen LogP contribution >= 0.6 is 0 Å². The van der Waals surface area contributed by atoms with Crippen LogP contribution in [0.1, 0.15) is 30.3 Å². The molecule has 3 aliphatic heterocycles. The lowest BCUT2D eigenvalue weighted by Crippen LogP contribution is -2.62. The van der Waals surface area contributed by atoms with E-state index >= 15 is 0 Å². The summed E-state index contributed by atoms with van der Waals surface area (Å²) in [5.74, 6) is -0.287. The van der Waals surface area contributed by atoms with Crippen molar-refractivity contribution in [3.8, 4) is 0 Å². The van der Waals surface area contributed by atoms with Gasteiger partial charge in [-0.25, -0.2) is 0 Å². The molecule has 2 atom stereocenters. The molecule has 20 heavy (non-hydrogen) atoms. The van der Waals surface area contributed by atoms with Crippen LogP contribution in [0.4, 0.5) is 5.88 Å². The number of piperidine rings is 3. The Balaban J connectivity index is 1.70. The molecule has 3 aliphatic rings. The average Bonchev–Trinajstić information content (AvgIpc) is 2.93. The van der Waals surface area contributed by atoms with E-state index in [2.05, 4.69) is 17.1 Å². The summed E-state index contributed by atoms with van der Waals surface area (Å²) in [6, 6.07) is 2.94. The molecular formula is C13H17N3O4. The summed E-state index contributed by atoms with van der Waals surface area (Å²) in [4.78, 5) is 24.4. The van der Waals surface area contributed by atoms with Gasteiger partial charge in [0.05, 0.1) is 6.07 Å². The van der Waals surface area contributed by atoms with E-state index in [1.54, 1.807) is 0 Å². The Morgan fingerprint density at radius 2 is 2.15 bits per heavy atom. The Morgan fingerprint density at radius 1 is 1.45 bits per heavy atom. The monoisotopic (exact) mass is 279 g/mol. The molecule has 0 spiro atoms. The topological polar surface area (TPSA) is 88.6 Å². The van der Waals surface area contributed by atoms with Gasteiger partial charge >= 0.3 is 5.88 Å². The average molecular weight is 279 g/mol. The summed E-state index contributed by atoms with van der Waals surface area (Å²) >= 11 is 0. The van der Waals surface area contributed by atoms with E-state index in [0.717, 1.165) is 25.9 Å². The van der Waals surface area contributed by atoms with E-state index in [-0.39, 0.29) is 17.7 Å². The molecular weight excluding hydrogens is 262 g/mol. The fraction of sp³-hybridized carbons (Fsp3) is 0.615. The predicted octanol–water partition coefficient (Wildman–Crippen LogP) is 1.40. The second kappa shape index (κ2) is 4.90. The molecule has 3 fully saturated rings. The van der Waals surface area contributed by atoms with Crippen LogP contribution in [0.15, 0.2) is 16.5 Å². The van der Waals surface area contributed by atoms with Crippen LogP contribution in [0.5, 0.6) is 0 Å². The molecule has 0 aliphatic carbocycles. The lowest BCUT2D eigenvalue weighted by molar-refractivity contribution is -0.402. The lowest BCUT2D eigenvalue weighted by atomic mass is 9.79. The zero-order chi connectivity index (χ0) is 14.3. The van der Waals surface area contributed by atoms with Crippen molar-refractivity contribution in [1.82, 2.24) is 10.2 Å². The number of nitro groups is 1. The molecule has 108 valence electrons. The third-order valence-corrected chi connectivity index (χ3v) is 4.47. The van der Waals surface area contributed by atoms with Crippen LogP contribution < -0.4 is 5.32 Å². The molecule has 4 heterocycles. The first-order chi connectivity index (χ1) is 9.56. The molecule has 7 heteroatoms. The smallest absolute Gasteiger partial charge is 0.395 e. The molecule has 3 saturated heterocycles. The van der Waals surface area contributed by atoms with Gasteiger partial charge in [-0.2, -0.15) is 0 Å². The first-order valence-electron chi connectivity index (χ1n) is 6.85. The molecule has 4 rings (SSSR count). The van der Waals surface area contributed by atoms with Crippen molar-refractivity contribution in [2.24, 2.45) is 5.92 Å². The standard InChI is InChI=1S/C13H17N3O4/c1-8-12(9-4-6-15(8)7-5-9)14-13(17)10-2-3-11(20-10)16(18)19/h2-3,8-9,12H,4-7H2,1H3,(H,14,17)/t8-,12-/m0/s1. The van der Waals surface area contributed by atoms with Crippen molar-refractivity contribution in [1.29, 1.82) is 0 Å². The van der Waals surface area contributed by atoms with Gasteiger partial charge in [0.2, 0.25) is 0 Å². The van der Waals surface area contributed by atoms with E-state index in [9.17, 15) is 14.9 Å². The highest BCUT2D eigenvalue weighted by molar-refractivity contribution is 5.92. The lowest BCUT2D eigenvalue weighted by Gasteiger charge is -2.49. The van der Waals surface area contributed by atoms with Crippen molar-refractivity contribution >= 4 is 11.8 Å². The summed E-state index contributed by atoms with van der Waals surface area (Å²) in [5, 5.41) is 13.5. The second-order valence-electron chi connectivity index (χ2n) is 5.51. The van der Waals surface area contributed by atoms with Gasteiger partial charge in [-0.1, -0.05) is 0 Å². The first-order valence-corrected chi connectivity index (χ1v) is 6.85. The van der Waals surface area contributed by atoms with E-state index in [0.29, 0.717) is 12.0 Å². The fourth-order valence-corrected chi connectivity index (χ4v) is 3.32. The predicted molar refractivity (Wildman–Crippen MR) is 70.4 cm³/mol. The zero-order valence-corrected chi connectivity index (χ0v) is 11.2. The van der Waals surface area contributed by atoms with Crippen LogP contribution in [0.25, 0.3) is 0 Å². The molecule has 1 aromatic rings. The van der Waals surface area contributed by atoms with Gasteiger partial charge in [0.25, 0.3) is 5.91 Å². The van der Waals surface area contributed by atoms with Crippen LogP contribution in [0.2, 0.25) is 0 Å². The zero-order valence-electron chi connectivity index (χ0n) is 11.2. The van der Waals surface area contributed by atoms with Crippen molar-refractivity contribution < 1.29 is 14.1 Å². The van der Waals surface area contributed by atoms with E-state index in [1.807, 2.05) is 0 Å². The summed E-state index contributed by atoms with van der Waals surface area (Å²) in [6.45, 7) is 4.29. The van der Waals surface area contributed by atoms with E-state index < -0.39 is 10.8 Å². The fourth-order valence-electron chi connectivity index (χ4n) is 3.32. The molecule has 2 bridgehead atoms. The molecule has 0 saturated carbocycles. The summed E-state index contributed by atoms with van der Waals surface area (Å²) in [7, 11) is 0. The Bertz CT molecular complexity index is 531. The quantitative estimate of drug-likeness (QED) is 0.667. The van der Waals surface area contributed by atoms with Gasteiger partial charge in [0, 0.05) is 12.1 Å². The number of hydrogen-bond donors (Lipinski definition) is 1. The van der Waals surface area contributed by atoms with Gasteiger partial charge in [-0.15, -0.1) is 0 Å². The normalized spacial score (nSPS) is 32.0. The Hall–Kier alpha value is -1.89. The summed E-state index contributed by atoms with van der Waals surface area (Å²) < 4.78 is 4.94. The molecule has 1 N–H and O–H groups in total. The van der Waals surface area contributed by atoms with Gasteiger partial charge in [0.15, 0.2) is 5.76 Å². The highest BCUT2D eigenvalue weighted by Crippen LogP contribution is 2.32. The van der Waals surface area contributed by atoms with Crippen LogP contribution in [0, 0.1) is 16.0 Å². The number of nitrogens with one attached hydrogen (secondary N) is 1. The first kappa shape index (κ1) is 13.1. The SMILES string of the molecule is C[C@H]1[C@H](NC(=O)c2ccc([N+](=O)[O-])o2)C2CCN1CC2. The van der Waals surface area contributed by atoms with Crippen molar-refractivity contribution in [2.45, 2.75) is 31.8 Å². The number of hydrogen-bond acceptors (Lipinski definition) is 5. The van der Waals surface area contributed by atoms with Crippen LogP contribution in [-0.2, 0) is 0 Å². The van der Waals surface area contributed by atoms with Crippen LogP contribution in [-0.4, -0.2) is 40.9 Å². The summed E-state index contributed by atoms with van der Waals surface area (Å²) in [5.41, 5.74) is 0. The largest absolute Gasteiger partial charge is 0.433 e. The van der Waals surface area contributed by atoms with Crippen molar-refractivity contribution in [2.75, 3.05) is 13.1 Å². The number of carbonyl (C=O) groups excluding carboxylic acids is 1. The number of rotatable bonds is 3. The van der Waals surface area contributed by atoms with E-state index in [1.165, 1.54) is 12.1 Å². The number of fused-ring (bicyclic) bond motifs is 3. The third-order valence-electron chi connectivity index (χ3n) is 4.47. The minimum Gasteiger partial charge on any atom is -0.395 e. The molecule has 1 amide bonds. The maximum atomic E-state index is 12.1. The maximum absolute atomic E-state index is 12.1. The second-order valence-corrected chi connectivity index (χ2v) is 5.51. The number of carbonyl (C=O) groups is 1. The Morgan fingerprint density at radius 3 is 2.70 bits per heavy atom. The Kier molecular flexibility index (Phi) is 3.21. The molecule has 7 nitrogen and oxygen atoms in total.